The van der Waals surface area contributed by atoms with Gasteiger partial charge in [-0.1, -0.05) is 25.1 Å². The van der Waals surface area contributed by atoms with Crippen LogP contribution in [0.5, 0.6) is 0 Å². The summed E-state index contributed by atoms with van der Waals surface area (Å²) in [6.07, 6.45) is 0. The summed E-state index contributed by atoms with van der Waals surface area (Å²) in [7, 11) is 2.00. The molecule has 1 N–H and O–H groups in total. The first-order chi connectivity index (χ1) is 6.33. The number of benzene rings is 1. The van der Waals surface area contributed by atoms with Gasteiger partial charge in [-0.15, -0.1) is 11.8 Å². The molecule has 72 valence electrons. The molecular formula is C11H17NS. The molecule has 1 nitrogen and oxygen atoms in total. The quantitative estimate of drug-likeness (QED) is 0.725. The minimum atomic E-state index is 0.732. The van der Waals surface area contributed by atoms with Gasteiger partial charge in [0.25, 0.3) is 0 Å². The minimum absolute atomic E-state index is 0.732. The average Bonchev–Trinajstić information content (AvgIpc) is 2.17. The molecule has 0 heterocycles. The molecule has 0 aliphatic heterocycles. The topological polar surface area (TPSA) is 12.0 Å². The van der Waals surface area contributed by atoms with Crippen molar-refractivity contribution in [2.45, 2.75) is 11.8 Å². The molecule has 0 saturated heterocycles. The Bertz CT molecular complexity index is 223. The van der Waals surface area contributed by atoms with Crippen molar-refractivity contribution in [2.24, 2.45) is 5.92 Å². The molecule has 0 saturated carbocycles. The summed E-state index contributed by atoms with van der Waals surface area (Å²) < 4.78 is 0. The third-order valence-electron chi connectivity index (χ3n) is 1.83. The second-order valence-corrected chi connectivity index (χ2v) is 4.38. The van der Waals surface area contributed by atoms with Crippen LogP contribution in [0.2, 0.25) is 0 Å². The molecular weight excluding hydrogens is 178 g/mol. The van der Waals surface area contributed by atoms with Gasteiger partial charge in [0.05, 0.1) is 0 Å². The fourth-order valence-corrected chi connectivity index (χ4v) is 2.11. The van der Waals surface area contributed by atoms with Crippen molar-refractivity contribution in [3.05, 3.63) is 30.3 Å². The fraction of sp³-hybridized carbons (Fsp3) is 0.455. The van der Waals surface area contributed by atoms with Gasteiger partial charge in [0.2, 0.25) is 0 Å². The molecule has 1 aromatic carbocycles. The summed E-state index contributed by atoms with van der Waals surface area (Å²) >= 11 is 1.93. The van der Waals surface area contributed by atoms with E-state index in [1.54, 1.807) is 0 Å². The molecule has 1 atom stereocenters. The first-order valence-electron chi connectivity index (χ1n) is 4.65. The summed E-state index contributed by atoms with van der Waals surface area (Å²) in [6.45, 7) is 3.37. The third kappa shape index (κ3) is 4.34. The molecule has 1 aromatic rings. The highest BCUT2D eigenvalue weighted by Crippen LogP contribution is 2.19. The van der Waals surface area contributed by atoms with Crippen LogP contribution >= 0.6 is 11.8 Å². The molecule has 1 unspecified atom stereocenters. The normalized spacial score (nSPS) is 12.8. The van der Waals surface area contributed by atoms with Gasteiger partial charge < -0.3 is 5.32 Å². The van der Waals surface area contributed by atoms with Crippen molar-refractivity contribution >= 4 is 11.8 Å². The van der Waals surface area contributed by atoms with Crippen LogP contribution in [0.4, 0.5) is 0 Å². The lowest BCUT2D eigenvalue weighted by Gasteiger charge is -2.09. The van der Waals surface area contributed by atoms with Gasteiger partial charge >= 0.3 is 0 Å². The molecule has 0 spiro atoms. The maximum absolute atomic E-state index is 3.19. The van der Waals surface area contributed by atoms with Gasteiger partial charge in [-0.05, 0) is 31.6 Å². The molecule has 0 bridgehead atoms. The number of hydrogen-bond donors (Lipinski definition) is 1. The van der Waals surface area contributed by atoms with Gasteiger partial charge in [-0.2, -0.15) is 0 Å². The van der Waals surface area contributed by atoms with Crippen LogP contribution in [0.15, 0.2) is 35.2 Å². The number of hydrogen-bond acceptors (Lipinski definition) is 2. The Morgan fingerprint density at radius 3 is 2.62 bits per heavy atom. The molecule has 1 rings (SSSR count). The van der Waals surface area contributed by atoms with Gasteiger partial charge in [-0.3, -0.25) is 0 Å². The zero-order chi connectivity index (χ0) is 9.52. The predicted octanol–water partition coefficient (Wildman–Crippen LogP) is 2.63. The predicted molar refractivity (Wildman–Crippen MR) is 60.3 cm³/mol. The van der Waals surface area contributed by atoms with Crippen LogP contribution in [0.25, 0.3) is 0 Å². The van der Waals surface area contributed by atoms with Crippen molar-refractivity contribution < 1.29 is 0 Å². The van der Waals surface area contributed by atoms with Crippen molar-refractivity contribution in [1.29, 1.82) is 0 Å². The van der Waals surface area contributed by atoms with Crippen molar-refractivity contribution in [1.82, 2.24) is 5.32 Å². The van der Waals surface area contributed by atoms with E-state index >= 15 is 0 Å². The molecule has 0 aliphatic carbocycles. The van der Waals surface area contributed by atoms with E-state index in [0.717, 1.165) is 12.5 Å². The van der Waals surface area contributed by atoms with E-state index in [1.807, 2.05) is 18.8 Å². The Morgan fingerprint density at radius 2 is 2.00 bits per heavy atom. The molecule has 0 aromatic heterocycles. The van der Waals surface area contributed by atoms with E-state index in [4.69, 9.17) is 0 Å². The summed E-state index contributed by atoms with van der Waals surface area (Å²) in [5.41, 5.74) is 0. The highest BCUT2D eigenvalue weighted by atomic mass is 32.2. The van der Waals surface area contributed by atoms with Crippen LogP contribution < -0.4 is 5.32 Å². The van der Waals surface area contributed by atoms with Gasteiger partial charge in [0.1, 0.15) is 0 Å². The standard InChI is InChI=1S/C11H17NS/c1-10(8-12-2)9-13-11-6-4-3-5-7-11/h3-7,10,12H,8-9H2,1-2H3. The number of rotatable bonds is 5. The van der Waals surface area contributed by atoms with E-state index < -0.39 is 0 Å². The lowest BCUT2D eigenvalue weighted by atomic mass is 10.2. The molecule has 0 radical (unpaired) electrons. The van der Waals surface area contributed by atoms with Crippen LogP contribution in [-0.2, 0) is 0 Å². The number of nitrogens with one attached hydrogen (secondary N) is 1. The van der Waals surface area contributed by atoms with Crippen LogP contribution in [0, 0.1) is 5.92 Å². The monoisotopic (exact) mass is 195 g/mol. The average molecular weight is 195 g/mol. The van der Waals surface area contributed by atoms with Crippen molar-refractivity contribution in [2.75, 3.05) is 19.3 Å². The molecule has 0 fully saturated rings. The Labute approximate surface area is 84.9 Å². The van der Waals surface area contributed by atoms with Crippen LogP contribution in [-0.4, -0.2) is 19.3 Å². The Balaban J connectivity index is 2.27. The lowest BCUT2D eigenvalue weighted by Crippen LogP contribution is -2.17. The van der Waals surface area contributed by atoms with E-state index in [2.05, 4.69) is 42.6 Å². The van der Waals surface area contributed by atoms with E-state index in [0.29, 0.717) is 0 Å². The van der Waals surface area contributed by atoms with Gasteiger partial charge in [0, 0.05) is 10.6 Å². The minimum Gasteiger partial charge on any atom is -0.319 e. The molecule has 13 heavy (non-hydrogen) atoms. The second kappa shape index (κ2) is 6.06. The first kappa shape index (κ1) is 10.6. The maximum atomic E-state index is 3.19. The van der Waals surface area contributed by atoms with E-state index in [9.17, 15) is 0 Å². The summed E-state index contributed by atoms with van der Waals surface area (Å²) in [5.74, 6) is 1.92. The third-order valence-corrected chi connectivity index (χ3v) is 3.17. The Morgan fingerprint density at radius 1 is 1.31 bits per heavy atom. The maximum Gasteiger partial charge on any atom is 0.00720 e. The molecule has 0 aliphatic rings. The smallest absolute Gasteiger partial charge is 0.00720 e. The fourth-order valence-electron chi connectivity index (χ4n) is 1.16. The molecule has 2 heteroatoms. The summed E-state index contributed by atoms with van der Waals surface area (Å²) in [4.78, 5) is 1.37. The highest BCUT2D eigenvalue weighted by molar-refractivity contribution is 7.99. The lowest BCUT2D eigenvalue weighted by molar-refractivity contribution is 0.603. The Kier molecular flexibility index (Phi) is 4.94. The van der Waals surface area contributed by atoms with E-state index in [1.165, 1.54) is 10.6 Å². The van der Waals surface area contributed by atoms with Crippen molar-refractivity contribution in [3.8, 4) is 0 Å². The van der Waals surface area contributed by atoms with Crippen LogP contribution in [0.1, 0.15) is 6.92 Å². The summed E-state index contributed by atoms with van der Waals surface area (Å²) in [5, 5.41) is 3.19. The zero-order valence-corrected chi connectivity index (χ0v) is 9.10. The highest BCUT2D eigenvalue weighted by Gasteiger charge is 2.00. The SMILES string of the molecule is CNCC(C)CSc1ccccc1. The second-order valence-electron chi connectivity index (χ2n) is 3.29. The largest absolute Gasteiger partial charge is 0.319 e. The molecule has 0 amide bonds. The first-order valence-corrected chi connectivity index (χ1v) is 5.64. The zero-order valence-electron chi connectivity index (χ0n) is 8.29. The van der Waals surface area contributed by atoms with E-state index in [-0.39, 0.29) is 0 Å². The van der Waals surface area contributed by atoms with Crippen molar-refractivity contribution in [3.63, 3.8) is 0 Å². The van der Waals surface area contributed by atoms with Crippen LogP contribution in [0.3, 0.4) is 0 Å². The van der Waals surface area contributed by atoms with Gasteiger partial charge in [-0.25, -0.2) is 0 Å². The summed E-state index contributed by atoms with van der Waals surface area (Å²) in [6, 6.07) is 10.6. The number of thioether (sulfide) groups is 1. The van der Waals surface area contributed by atoms with Gasteiger partial charge in [0.15, 0.2) is 0 Å². The Hall–Kier alpha value is -0.470.